The van der Waals surface area contributed by atoms with Crippen LogP contribution in [0.5, 0.6) is 0 Å². The van der Waals surface area contributed by atoms with E-state index in [1.54, 1.807) is 6.92 Å². The Labute approximate surface area is 137 Å². The van der Waals surface area contributed by atoms with Crippen LogP contribution in [-0.2, 0) is 10.0 Å². The quantitative estimate of drug-likeness (QED) is 0.900. The predicted molar refractivity (Wildman–Crippen MR) is 84.9 cm³/mol. The first kappa shape index (κ1) is 16.8. The van der Waals surface area contributed by atoms with E-state index in [1.807, 2.05) is 0 Å². The largest absolute Gasteiger partial charge is 0.296 e. The molecule has 10 heteroatoms. The smallest absolute Gasteiger partial charge is 0.259 e. The Hall–Kier alpha value is -1.55. The molecule has 22 heavy (non-hydrogen) atoms. The number of anilines is 1. The van der Waals surface area contributed by atoms with E-state index in [9.17, 15) is 13.2 Å². The number of carbonyl (C=O) groups is 1. The van der Waals surface area contributed by atoms with Crippen LogP contribution < -0.4 is 5.32 Å². The van der Waals surface area contributed by atoms with E-state index in [0.717, 1.165) is 4.31 Å². The highest BCUT2D eigenvalue weighted by Crippen LogP contribution is 2.23. The van der Waals surface area contributed by atoms with Gasteiger partial charge in [0.25, 0.3) is 5.91 Å². The Morgan fingerprint density at radius 3 is 2.55 bits per heavy atom. The van der Waals surface area contributed by atoms with Crippen LogP contribution in [0.15, 0.2) is 23.1 Å². The van der Waals surface area contributed by atoms with Gasteiger partial charge in [-0.15, -0.1) is 10.2 Å². The molecule has 0 spiro atoms. The Balaban J connectivity index is 2.36. The van der Waals surface area contributed by atoms with Gasteiger partial charge < -0.3 is 0 Å². The highest BCUT2D eigenvalue weighted by atomic mass is 35.5. The fraction of sp³-hybridized carbons (Fsp3) is 0.250. The zero-order valence-corrected chi connectivity index (χ0v) is 14.4. The van der Waals surface area contributed by atoms with Gasteiger partial charge in [-0.1, -0.05) is 22.9 Å². The molecule has 1 amide bonds. The molecule has 0 aliphatic carbocycles. The lowest BCUT2D eigenvalue weighted by molar-refractivity contribution is 0.102. The van der Waals surface area contributed by atoms with Crippen LogP contribution in [0.25, 0.3) is 0 Å². The van der Waals surface area contributed by atoms with E-state index < -0.39 is 15.9 Å². The average Bonchev–Trinajstić information content (AvgIpc) is 2.84. The summed E-state index contributed by atoms with van der Waals surface area (Å²) in [6.45, 7) is 1.75. The predicted octanol–water partition coefficient (Wildman–Crippen LogP) is 2.00. The number of hydrogen-bond donors (Lipinski definition) is 1. The fourth-order valence-corrected chi connectivity index (χ4v) is 3.28. The summed E-state index contributed by atoms with van der Waals surface area (Å²) < 4.78 is 25.3. The molecule has 0 radical (unpaired) electrons. The molecule has 0 unspecified atom stereocenters. The molecule has 1 heterocycles. The lowest BCUT2D eigenvalue weighted by Crippen LogP contribution is -2.23. The van der Waals surface area contributed by atoms with Gasteiger partial charge in [-0.2, -0.15) is 0 Å². The summed E-state index contributed by atoms with van der Waals surface area (Å²) in [5.41, 5.74) is 0.0532. The molecule has 1 N–H and O–H groups in total. The monoisotopic (exact) mass is 360 g/mol. The van der Waals surface area contributed by atoms with Gasteiger partial charge in [0, 0.05) is 14.1 Å². The van der Waals surface area contributed by atoms with Gasteiger partial charge in [0.1, 0.15) is 5.01 Å². The van der Waals surface area contributed by atoms with Crippen molar-refractivity contribution in [2.45, 2.75) is 11.8 Å². The first-order chi connectivity index (χ1) is 10.2. The number of nitrogens with zero attached hydrogens (tertiary/aromatic N) is 3. The Morgan fingerprint density at radius 1 is 1.32 bits per heavy atom. The van der Waals surface area contributed by atoms with Gasteiger partial charge >= 0.3 is 0 Å². The number of rotatable bonds is 4. The topological polar surface area (TPSA) is 92.3 Å². The summed E-state index contributed by atoms with van der Waals surface area (Å²) in [6, 6.07) is 3.96. The first-order valence-electron chi connectivity index (χ1n) is 6.05. The minimum absolute atomic E-state index is 0.0134. The highest BCUT2D eigenvalue weighted by Gasteiger charge is 2.21. The molecule has 0 bridgehead atoms. The molecule has 1 aromatic heterocycles. The maximum absolute atomic E-state index is 12.2. The van der Waals surface area contributed by atoms with Crippen LogP contribution in [0.1, 0.15) is 15.4 Å². The van der Waals surface area contributed by atoms with Gasteiger partial charge in [0.05, 0.1) is 15.5 Å². The van der Waals surface area contributed by atoms with Gasteiger partial charge in [-0.3, -0.25) is 10.1 Å². The molecule has 2 rings (SSSR count). The number of aromatic nitrogens is 2. The maximum Gasteiger partial charge on any atom is 0.259 e. The SMILES string of the molecule is Cc1nnc(NC(=O)c2cc(S(=O)(=O)N(C)C)ccc2Cl)s1. The van der Waals surface area contributed by atoms with E-state index in [2.05, 4.69) is 15.5 Å². The Kier molecular flexibility index (Phi) is 4.81. The number of carbonyl (C=O) groups excluding carboxylic acids is 1. The van der Waals surface area contributed by atoms with Gasteiger partial charge in [0.2, 0.25) is 15.2 Å². The van der Waals surface area contributed by atoms with Crippen molar-refractivity contribution in [3.63, 3.8) is 0 Å². The third-order valence-corrected chi connectivity index (χ3v) is 5.60. The van der Waals surface area contributed by atoms with Crippen LogP contribution in [0, 0.1) is 6.92 Å². The minimum atomic E-state index is -3.65. The summed E-state index contributed by atoms with van der Waals surface area (Å²) in [5, 5.41) is 11.3. The third kappa shape index (κ3) is 3.43. The molecule has 0 aliphatic heterocycles. The number of benzene rings is 1. The van der Waals surface area contributed by atoms with E-state index in [-0.39, 0.29) is 15.5 Å². The molecule has 0 saturated carbocycles. The van der Waals surface area contributed by atoms with Gasteiger partial charge in [-0.25, -0.2) is 12.7 Å². The zero-order chi connectivity index (χ0) is 16.5. The average molecular weight is 361 g/mol. The summed E-state index contributed by atoms with van der Waals surface area (Å²) >= 11 is 7.20. The van der Waals surface area contributed by atoms with Gasteiger partial charge in [-0.05, 0) is 25.1 Å². The first-order valence-corrected chi connectivity index (χ1v) is 8.69. The van der Waals surface area contributed by atoms with Crippen LogP contribution in [0.4, 0.5) is 5.13 Å². The number of nitrogens with one attached hydrogen (secondary N) is 1. The van der Waals surface area contributed by atoms with Crippen LogP contribution in [0.2, 0.25) is 5.02 Å². The van der Waals surface area contributed by atoms with E-state index in [4.69, 9.17) is 11.6 Å². The fourth-order valence-electron chi connectivity index (χ4n) is 1.56. The molecule has 7 nitrogen and oxygen atoms in total. The standard InChI is InChI=1S/C12H13ClN4O3S2/c1-7-15-16-12(21-7)14-11(18)9-6-8(4-5-10(9)13)22(19,20)17(2)3/h4-6H,1-3H3,(H,14,16,18). The van der Waals surface area contributed by atoms with E-state index >= 15 is 0 Å². The molecule has 0 aliphatic rings. The molecule has 1 aromatic carbocycles. The molecule has 2 aromatic rings. The van der Waals surface area contributed by atoms with Crippen molar-refractivity contribution >= 4 is 44.0 Å². The lowest BCUT2D eigenvalue weighted by atomic mass is 10.2. The Morgan fingerprint density at radius 2 is 2.00 bits per heavy atom. The second-order valence-corrected chi connectivity index (χ2v) is 8.25. The number of sulfonamides is 1. The van der Waals surface area contributed by atoms with Crippen molar-refractivity contribution in [3.8, 4) is 0 Å². The number of aryl methyl sites for hydroxylation is 1. The van der Waals surface area contributed by atoms with E-state index in [1.165, 1.54) is 43.6 Å². The van der Waals surface area contributed by atoms with Crippen molar-refractivity contribution in [3.05, 3.63) is 33.8 Å². The third-order valence-electron chi connectivity index (χ3n) is 2.71. The molecule has 0 atom stereocenters. The number of hydrogen-bond acceptors (Lipinski definition) is 6. The van der Waals surface area contributed by atoms with Crippen LogP contribution in [-0.4, -0.2) is 42.9 Å². The van der Waals surface area contributed by atoms with Crippen molar-refractivity contribution in [2.24, 2.45) is 0 Å². The minimum Gasteiger partial charge on any atom is -0.296 e. The normalized spacial score (nSPS) is 11.7. The zero-order valence-electron chi connectivity index (χ0n) is 12.0. The highest BCUT2D eigenvalue weighted by molar-refractivity contribution is 7.89. The summed E-state index contributed by atoms with van der Waals surface area (Å²) in [5.74, 6) is -0.544. The molecule has 0 saturated heterocycles. The molecular formula is C12H13ClN4O3S2. The summed E-state index contributed by atoms with van der Waals surface area (Å²) in [6.07, 6.45) is 0. The van der Waals surface area contributed by atoms with Crippen LogP contribution >= 0.6 is 22.9 Å². The maximum atomic E-state index is 12.2. The second-order valence-electron chi connectivity index (χ2n) is 4.51. The van der Waals surface area contributed by atoms with Crippen molar-refractivity contribution in [2.75, 3.05) is 19.4 Å². The van der Waals surface area contributed by atoms with Crippen molar-refractivity contribution in [1.82, 2.24) is 14.5 Å². The van der Waals surface area contributed by atoms with Gasteiger partial charge in [0.15, 0.2) is 0 Å². The van der Waals surface area contributed by atoms with E-state index in [0.29, 0.717) is 10.1 Å². The number of amides is 1. The molecule has 118 valence electrons. The van der Waals surface area contributed by atoms with Crippen molar-refractivity contribution in [1.29, 1.82) is 0 Å². The van der Waals surface area contributed by atoms with Crippen LogP contribution in [0.3, 0.4) is 0 Å². The second kappa shape index (κ2) is 6.29. The van der Waals surface area contributed by atoms with Crippen molar-refractivity contribution < 1.29 is 13.2 Å². The number of halogens is 1. The molecule has 0 fully saturated rings. The summed E-state index contributed by atoms with van der Waals surface area (Å²) in [7, 11) is -0.828. The Bertz CT molecular complexity index is 818. The lowest BCUT2D eigenvalue weighted by Gasteiger charge is -2.12. The molecular weight excluding hydrogens is 348 g/mol. The summed E-state index contributed by atoms with van der Waals surface area (Å²) in [4.78, 5) is 12.2.